The van der Waals surface area contributed by atoms with Crippen LogP contribution in [-0.4, -0.2) is 30.0 Å². The lowest BCUT2D eigenvalue weighted by molar-refractivity contribution is -0.120. The van der Waals surface area contributed by atoms with Crippen molar-refractivity contribution in [1.82, 2.24) is 10.3 Å². The van der Waals surface area contributed by atoms with E-state index in [0.29, 0.717) is 19.0 Å². The molecular formula is C14H22N4O. The van der Waals surface area contributed by atoms with E-state index >= 15 is 0 Å². The zero-order chi connectivity index (χ0) is 13.5. The van der Waals surface area contributed by atoms with Gasteiger partial charge in [-0.25, -0.2) is 4.98 Å². The van der Waals surface area contributed by atoms with Gasteiger partial charge >= 0.3 is 0 Å². The number of carbonyl (C=O) groups excluding carboxylic acids is 1. The van der Waals surface area contributed by atoms with Gasteiger partial charge in [-0.15, -0.1) is 0 Å². The molecule has 3 N–H and O–H groups in total. The van der Waals surface area contributed by atoms with Crippen LogP contribution >= 0.6 is 0 Å². The molecule has 5 nitrogen and oxygen atoms in total. The van der Waals surface area contributed by atoms with E-state index in [1.807, 2.05) is 18.2 Å². The van der Waals surface area contributed by atoms with Gasteiger partial charge in [0.05, 0.1) is 0 Å². The van der Waals surface area contributed by atoms with Gasteiger partial charge in [0, 0.05) is 25.6 Å². The Labute approximate surface area is 114 Å². The number of hydrogen-bond acceptors (Lipinski definition) is 4. The third-order valence-electron chi connectivity index (χ3n) is 2.91. The Morgan fingerprint density at radius 3 is 2.58 bits per heavy atom. The van der Waals surface area contributed by atoms with Crippen LogP contribution in [0.15, 0.2) is 18.2 Å². The van der Waals surface area contributed by atoms with E-state index in [4.69, 9.17) is 0 Å². The average Bonchev–Trinajstić information content (AvgIpc) is 3.21. The van der Waals surface area contributed by atoms with Crippen LogP contribution < -0.4 is 16.0 Å². The van der Waals surface area contributed by atoms with Gasteiger partial charge in [0.2, 0.25) is 5.91 Å². The number of anilines is 2. The monoisotopic (exact) mass is 262 g/mol. The molecule has 0 radical (unpaired) electrons. The van der Waals surface area contributed by atoms with E-state index in [0.717, 1.165) is 37.4 Å². The van der Waals surface area contributed by atoms with Crippen molar-refractivity contribution < 1.29 is 4.79 Å². The van der Waals surface area contributed by atoms with Crippen molar-refractivity contribution in [1.29, 1.82) is 0 Å². The Balaban J connectivity index is 1.70. The average molecular weight is 262 g/mol. The summed E-state index contributed by atoms with van der Waals surface area (Å²) in [6, 6.07) is 6.25. The second-order valence-corrected chi connectivity index (χ2v) is 4.85. The third kappa shape index (κ3) is 5.16. The molecule has 1 fully saturated rings. The summed E-state index contributed by atoms with van der Waals surface area (Å²) >= 11 is 0. The highest BCUT2D eigenvalue weighted by atomic mass is 16.1. The van der Waals surface area contributed by atoms with Gasteiger partial charge < -0.3 is 16.0 Å². The van der Waals surface area contributed by atoms with E-state index in [-0.39, 0.29) is 5.91 Å². The fourth-order valence-corrected chi connectivity index (χ4v) is 1.72. The minimum atomic E-state index is 0.121. The normalized spacial score (nSPS) is 13.9. The van der Waals surface area contributed by atoms with E-state index < -0.39 is 0 Å². The maximum atomic E-state index is 11.5. The summed E-state index contributed by atoms with van der Waals surface area (Å²) in [4.78, 5) is 15.9. The molecule has 104 valence electrons. The van der Waals surface area contributed by atoms with Gasteiger partial charge in [-0.05, 0) is 31.4 Å². The first kappa shape index (κ1) is 13.6. The predicted octanol–water partition coefficient (Wildman–Crippen LogP) is 1.98. The molecule has 1 aliphatic carbocycles. The number of aromatic nitrogens is 1. The van der Waals surface area contributed by atoms with Crippen molar-refractivity contribution in [2.75, 3.05) is 23.7 Å². The highest BCUT2D eigenvalue weighted by Gasteiger charge is 2.22. The predicted molar refractivity (Wildman–Crippen MR) is 77.3 cm³/mol. The summed E-state index contributed by atoms with van der Waals surface area (Å²) < 4.78 is 0. The molecule has 0 spiro atoms. The second-order valence-electron chi connectivity index (χ2n) is 4.85. The fourth-order valence-electron chi connectivity index (χ4n) is 1.72. The van der Waals surface area contributed by atoms with Crippen LogP contribution in [0.1, 0.15) is 32.6 Å². The molecule has 1 amide bonds. The summed E-state index contributed by atoms with van der Waals surface area (Å²) in [6.45, 7) is 3.65. The number of nitrogens with one attached hydrogen (secondary N) is 3. The maximum absolute atomic E-state index is 11.5. The first-order chi connectivity index (χ1) is 9.28. The molecule has 1 aromatic heterocycles. The van der Waals surface area contributed by atoms with E-state index in [9.17, 15) is 4.79 Å². The lowest BCUT2D eigenvalue weighted by Gasteiger charge is -2.08. The molecule has 0 aromatic carbocycles. The topological polar surface area (TPSA) is 66.0 Å². The number of carbonyl (C=O) groups is 1. The van der Waals surface area contributed by atoms with Crippen LogP contribution in [0.2, 0.25) is 0 Å². The van der Waals surface area contributed by atoms with E-state index in [1.54, 1.807) is 0 Å². The molecule has 5 heteroatoms. The van der Waals surface area contributed by atoms with Crippen LogP contribution in [0.3, 0.4) is 0 Å². The first-order valence-electron chi connectivity index (χ1n) is 7.02. The summed E-state index contributed by atoms with van der Waals surface area (Å²) in [5.74, 6) is 1.80. The molecule has 1 aromatic rings. The molecule has 0 aliphatic heterocycles. The van der Waals surface area contributed by atoms with Crippen molar-refractivity contribution in [2.45, 2.75) is 38.6 Å². The van der Waals surface area contributed by atoms with Crippen LogP contribution in [0, 0.1) is 0 Å². The molecule has 1 aliphatic rings. The Morgan fingerprint density at radius 2 is 1.95 bits per heavy atom. The van der Waals surface area contributed by atoms with E-state index in [2.05, 4.69) is 27.9 Å². The SMILES string of the molecule is CCCNc1cccc(NCCC(=O)NC2CC2)n1. The number of pyridine rings is 1. The van der Waals surface area contributed by atoms with Gasteiger partial charge in [-0.3, -0.25) is 4.79 Å². The standard InChI is InChI=1S/C14H22N4O/c1-2-9-15-12-4-3-5-13(18-12)16-10-8-14(19)17-11-6-7-11/h3-5,11H,2,6-10H2,1H3,(H,17,19)(H2,15,16,18). The second kappa shape index (κ2) is 6.97. The molecule has 19 heavy (non-hydrogen) atoms. The van der Waals surface area contributed by atoms with Crippen molar-refractivity contribution in [3.63, 3.8) is 0 Å². The molecule has 2 rings (SSSR count). The Bertz CT molecular complexity index is 418. The summed E-state index contributed by atoms with van der Waals surface area (Å²) in [5, 5.41) is 9.38. The minimum absolute atomic E-state index is 0.121. The van der Waals surface area contributed by atoms with Crippen molar-refractivity contribution in [3.8, 4) is 0 Å². The third-order valence-corrected chi connectivity index (χ3v) is 2.91. The van der Waals surface area contributed by atoms with Crippen molar-refractivity contribution in [2.24, 2.45) is 0 Å². The van der Waals surface area contributed by atoms with Crippen LogP contribution in [0.25, 0.3) is 0 Å². The fraction of sp³-hybridized carbons (Fsp3) is 0.571. The zero-order valence-electron chi connectivity index (χ0n) is 11.4. The molecule has 0 bridgehead atoms. The van der Waals surface area contributed by atoms with Crippen molar-refractivity contribution >= 4 is 17.5 Å². The summed E-state index contributed by atoms with van der Waals surface area (Å²) in [5.41, 5.74) is 0. The molecular weight excluding hydrogens is 240 g/mol. The molecule has 0 saturated heterocycles. The smallest absolute Gasteiger partial charge is 0.221 e. The van der Waals surface area contributed by atoms with Gasteiger partial charge in [-0.1, -0.05) is 13.0 Å². The molecule has 0 atom stereocenters. The van der Waals surface area contributed by atoms with Gasteiger partial charge in [0.1, 0.15) is 11.6 Å². The lowest BCUT2D eigenvalue weighted by Crippen LogP contribution is -2.27. The number of nitrogens with zero attached hydrogens (tertiary/aromatic N) is 1. The largest absolute Gasteiger partial charge is 0.370 e. The number of amides is 1. The van der Waals surface area contributed by atoms with Crippen LogP contribution in [-0.2, 0) is 4.79 Å². The van der Waals surface area contributed by atoms with Gasteiger partial charge in [0.15, 0.2) is 0 Å². The van der Waals surface area contributed by atoms with Gasteiger partial charge in [-0.2, -0.15) is 0 Å². The Kier molecular flexibility index (Phi) is 5.01. The Morgan fingerprint density at radius 1 is 1.26 bits per heavy atom. The summed E-state index contributed by atoms with van der Waals surface area (Å²) in [6.07, 6.45) is 3.82. The molecule has 1 heterocycles. The Hall–Kier alpha value is -1.78. The molecule has 0 unspecified atom stereocenters. The zero-order valence-corrected chi connectivity index (χ0v) is 11.4. The lowest BCUT2D eigenvalue weighted by atomic mass is 10.3. The van der Waals surface area contributed by atoms with Gasteiger partial charge in [0.25, 0.3) is 0 Å². The van der Waals surface area contributed by atoms with Crippen molar-refractivity contribution in [3.05, 3.63) is 18.2 Å². The van der Waals surface area contributed by atoms with Crippen LogP contribution in [0.5, 0.6) is 0 Å². The van der Waals surface area contributed by atoms with Crippen LogP contribution in [0.4, 0.5) is 11.6 Å². The minimum Gasteiger partial charge on any atom is -0.370 e. The van der Waals surface area contributed by atoms with E-state index in [1.165, 1.54) is 0 Å². The number of rotatable bonds is 8. The first-order valence-corrected chi connectivity index (χ1v) is 7.02. The number of hydrogen-bond donors (Lipinski definition) is 3. The summed E-state index contributed by atoms with van der Waals surface area (Å²) in [7, 11) is 0. The highest BCUT2D eigenvalue weighted by molar-refractivity contribution is 5.77. The maximum Gasteiger partial charge on any atom is 0.221 e. The molecule has 1 saturated carbocycles. The highest BCUT2D eigenvalue weighted by Crippen LogP contribution is 2.18. The quantitative estimate of drug-likeness (QED) is 0.670.